The Balaban J connectivity index is 3.19. The van der Waals surface area contributed by atoms with E-state index in [0.29, 0.717) is 0 Å². The van der Waals surface area contributed by atoms with Crippen molar-refractivity contribution in [3.63, 3.8) is 0 Å². The molecule has 0 aliphatic heterocycles. The average Bonchev–Trinajstić information content (AvgIpc) is 2.02. The van der Waals surface area contributed by atoms with E-state index >= 15 is 0 Å². The van der Waals surface area contributed by atoms with Crippen LogP contribution >= 0.6 is 0 Å². The molecule has 0 atom stereocenters. The Morgan fingerprint density at radius 2 is 1.83 bits per heavy atom. The van der Waals surface area contributed by atoms with Crippen molar-refractivity contribution in [1.29, 1.82) is 0 Å². The number of allylic oxidation sites excluding steroid dienone is 4. The van der Waals surface area contributed by atoms with E-state index in [1.807, 2.05) is 0 Å². The maximum absolute atomic E-state index is 2.27. The third-order valence-corrected chi connectivity index (χ3v) is 1.79. The van der Waals surface area contributed by atoms with Gasteiger partial charge < -0.3 is 0 Å². The van der Waals surface area contributed by atoms with Crippen molar-refractivity contribution in [2.24, 2.45) is 0 Å². The highest BCUT2D eigenvalue weighted by Gasteiger charge is 1.83. The first-order valence-electron chi connectivity index (χ1n) is 5.07. The van der Waals surface area contributed by atoms with Crippen LogP contribution in [0.15, 0.2) is 23.8 Å². The van der Waals surface area contributed by atoms with Gasteiger partial charge in [0.05, 0.1) is 0 Å². The van der Waals surface area contributed by atoms with E-state index in [9.17, 15) is 0 Å². The van der Waals surface area contributed by atoms with Crippen molar-refractivity contribution in [2.75, 3.05) is 0 Å². The monoisotopic (exact) mass is 166 g/mol. The molecule has 12 heavy (non-hydrogen) atoms. The Hall–Kier alpha value is -0.520. The molecule has 0 nitrogen and oxygen atoms in total. The van der Waals surface area contributed by atoms with Gasteiger partial charge in [-0.2, -0.15) is 0 Å². The molecule has 0 N–H and O–H groups in total. The molecule has 0 aliphatic rings. The first-order valence-corrected chi connectivity index (χ1v) is 5.07. The molecule has 0 amide bonds. The quantitative estimate of drug-likeness (QED) is 0.403. The minimum absolute atomic E-state index is 1.24. The smallest absolute Gasteiger partial charge is 0.0348 e. The lowest BCUT2D eigenvalue weighted by atomic mass is 10.1. The summed E-state index contributed by atoms with van der Waals surface area (Å²) in [6.07, 6.45) is 13.3. The third-order valence-electron chi connectivity index (χ3n) is 1.79. The molecule has 0 spiro atoms. The lowest BCUT2D eigenvalue weighted by Gasteiger charge is -1.93. The molecule has 70 valence electrons. The second-order valence-corrected chi connectivity index (χ2v) is 3.52. The number of rotatable bonds is 6. The fraction of sp³-hybridized carbons (Fsp3) is 0.667. The molecule has 0 saturated carbocycles. The summed E-state index contributed by atoms with van der Waals surface area (Å²) in [6, 6.07) is 0. The largest absolute Gasteiger partial charge is 0.0845 e. The minimum Gasteiger partial charge on any atom is -0.0845 e. The SMILES string of the molecule is CCCCCCC=CC=C(C)C. The van der Waals surface area contributed by atoms with Gasteiger partial charge in [0.25, 0.3) is 0 Å². The molecule has 0 fully saturated rings. The predicted octanol–water partition coefficient (Wildman–Crippen LogP) is 4.48. The van der Waals surface area contributed by atoms with E-state index in [1.165, 1.54) is 37.7 Å². The maximum Gasteiger partial charge on any atom is -0.0348 e. The number of hydrogen-bond donors (Lipinski definition) is 0. The van der Waals surface area contributed by atoms with Crippen molar-refractivity contribution in [3.8, 4) is 0 Å². The Morgan fingerprint density at radius 3 is 2.42 bits per heavy atom. The predicted molar refractivity (Wildman–Crippen MR) is 57.3 cm³/mol. The molecule has 0 heterocycles. The summed E-state index contributed by atoms with van der Waals surface area (Å²) in [5.41, 5.74) is 1.37. The highest BCUT2D eigenvalue weighted by atomic mass is 13.9. The second kappa shape index (κ2) is 8.58. The molecule has 0 aromatic heterocycles. The van der Waals surface area contributed by atoms with Gasteiger partial charge in [0.1, 0.15) is 0 Å². The van der Waals surface area contributed by atoms with Crippen molar-refractivity contribution in [3.05, 3.63) is 23.8 Å². The molecular weight excluding hydrogens is 144 g/mol. The minimum atomic E-state index is 1.24. The average molecular weight is 166 g/mol. The summed E-state index contributed by atoms with van der Waals surface area (Å²) in [5.74, 6) is 0. The van der Waals surface area contributed by atoms with Crippen LogP contribution in [0, 0.1) is 0 Å². The molecule has 0 radical (unpaired) electrons. The van der Waals surface area contributed by atoms with E-state index < -0.39 is 0 Å². The van der Waals surface area contributed by atoms with Crippen LogP contribution in [-0.2, 0) is 0 Å². The van der Waals surface area contributed by atoms with Crippen molar-refractivity contribution < 1.29 is 0 Å². The van der Waals surface area contributed by atoms with Gasteiger partial charge >= 0.3 is 0 Å². The molecule has 0 aromatic rings. The van der Waals surface area contributed by atoms with Crippen LogP contribution in [0.4, 0.5) is 0 Å². The number of unbranched alkanes of at least 4 members (excludes halogenated alkanes) is 4. The van der Waals surface area contributed by atoms with E-state index in [1.54, 1.807) is 0 Å². The third kappa shape index (κ3) is 9.48. The Bertz CT molecular complexity index is 136. The van der Waals surface area contributed by atoms with E-state index in [2.05, 4.69) is 39.0 Å². The fourth-order valence-electron chi connectivity index (χ4n) is 1.05. The zero-order valence-corrected chi connectivity index (χ0v) is 8.77. The van der Waals surface area contributed by atoms with Gasteiger partial charge in [-0.25, -0.2) is 0 Å². The van der Waals surface area contributed by atoms with E-state index in [-0.39, 0.29) is 0 Å². The van der Waals surface area contributed by atoms with Crippen molar-refractivity contribution >= 4 is 0 Å². The van der Waals surface area contributed by atoms with Gasteiger partial charge in [0.15, 0.2) is 0 Å². The van der Waals surface area contributed by atoms with Crippen molar-refractivity contribution in [1.82, 2.24) is 0 Å². The molecular formula is C12H22. The first kappa shape index (κ1) is 11.5. The Labute approximate surface area is 77.4 Å². The van der Waals surface area contributed by atoms with Crippen molar-refractivity contribution in [2.45, 2.75) is 52.9 Å². The number of hydrogen-bond acceptors (Lipinski definition) is 0. The summed E-state index contributed by atoms with van der Waals surface area (Å²) in [6.45, 7) is 6.50. The Morgan fingerprint density at radius 1 is 1.08 bits per heavy atom. The summed E-state index contributed by atoms with van der Waals surface area (Å²) in [4.78, 5) is 0. The van der Waals surface area contributed by atoms with Crippen LogP contribution in [0.2, 0.25) is 0 Å². The lowest BCUT2D eigenvalue weighted by Crippen LogP contribution is -1.73. The first-order chi connectivity index (χ1) is 5.77. The van der Waals surface area contributed by atoms with Crippen LogP contribution in [-0.4, -0.2) is 0 Å². The molecule has 0 unspecified atom stereocenters. The summed E-state index contributed by atoms with van der Waals surface area (Å²) < 4.78 is 0. The molecule has 0 aromatic carbocycles. The van der Waals surface area contributed by atoms with Gasteiger partial charge in [-0.15, -0.1) is 0 Å². The maximum atomic E-state index is 2.27. The highest BCUT2D eigenvalue weighted by molar-refractivity contribution is 5.07. The van der Waals surface area contributed by atoms with Gasteiger partial charge in [-0.1, -0.05) is 50.0 Å². The van der Waals surface area contributed by atoms with Gasteiger partial charge in [0.2, 0.25) is 0 Å². The highest BCUT2D eigenvalue weighted by Crippen LogP contribution is 2.03. The van der Waals surface area contributed by atoms with Gasteiger partial charge in [-0.05, 0) is 26.7 Å². The van der Waals surface area contributed by atoms with E-state index in [4.69, 9.17) is 0 Å². The summed E-state index contributed by atoms with van der Waals surface area (Å²) >= 11 is 0. The normalized spacial score (nSPS) is 10.6. The molecule has 0 rings (SSSR count). The molecule has 0 saturated heterocycles. The zero-order valence-electron chi connectivity index (χ0n) is 8.77. The second-order valence-electron chi connectivity index (χ2n) is 3.52. The van der Waals surface area contributed by atoms with Gasteiger partial charge in [-0.3, -0.25) is 0 Å². The molecule has 0 aliphatic carbocycles. The standard InChI is InChI=1S/C12H22/c1-4-5-6-7-8-9-10-11-12(2)3/h9-11H,4-8H2,1-3H3. The van der Waals surface area contributed by atoms with Crippen LogP contribution in [0.5, 0.6) is 0 Å². The Kier molecular flexibility index (Phi) is 8.20. The van der Waals surface area contributed by atoms with Gasteiger partial charge in [0, 0.05) is 0 Å². The summed E-state index contributed by atoms with van der Waals surface area (Å²) in [5, 5.41) is 0. The van der Waals surface area contributed by atoms with Crippen LogP contribution in [0.25, 0.3) is 0 Å². The lowest BCUT2D eigenvalue weighted by molar-refractivity contribution is 0.674. The van der Waals surface area contributed by atoms with Crippen LogP contribution < -0.4 is 0 Å². The zero-order chi connectivity index (χ0) is 9.23. The van der Waals surface area contributed by atoms with E-state index in [0.717, 1.165) is 0 Å². The molecule has 0 bridgehead atoms. The molecule has 0 heteroatoms. The van der Waals surface area contributed by atoms with Crippen LogP contribution in [0.1, 0.15) is 52.9 Å². The topological polar surface area (TPSA) is 0 Å². The van der Waals surface area contributed by atoms with Crippen LogP contribution in [0.3, 0.4) is 0 Å². The fourth-order valence-corrected chi connectivity index (χ4v) is 1.05. The summed E-state index contributed by atoms with van der Waals surface area (Å²) in [7, 11) is 0.